The smallest absolute Gasteiger partial charge is 0.321 e. The van der Waals surface area contributed by atoms with Gasteiger partial charge in [0.15, 0.2) is 0 Å². The van der Waals surface area contributed by atoms with E-state index in [-0.39, 0.29) is 34.1 Å². The van der Waals surface area contributed by atoms with Crippen molar-refractivity contribution in [3.05, 3.63) is 35.5 Å². The number of hydrogen-bond acceptors (Lipinski definition) is 5. The summed E-state index contributed by atoms with van der Waals surface area (Å²) in [6, 6.07) is 0.103. The average Bonchev–Trinajstić information content (AvgIpc) is 3.47. The molecule has 6 aliphatic carbocycles. The number of halogens is 1. The minimum Gasteiger partial charge on any atom is -0.481 e. The number of fused-ring (bicyclic) bond motifs is 7. The molecule has 52 heavy (non-hydrogen) atoms. The first-order chi connectivity index (χ1) is 24.5. The zero-order valence-corrected chi connectivity index (χ0v) is 33.8. The van der Waals surface area contributed by atoms with Crippen LogP contribution in [0.15, 0.2) is 35.5 Å². The van der Waals surface area contributed by atoms with Crippen molar-refractivity contribution in [3.8, 4) is 0 Å². The summed E-state index contributed by atoms with van der Waals surface area (Å²) in [4.78, 5) is 26.1. The van der Waals surface area contributed by atoms with Crippen molar-refractivity contribution >= 4 is 23.7 Å². The molecule has 7 rings (SSSR count). The molecule has 1 heterocycles. The molecular formula is C44H67FN2O4S. The number of thioether (sulfide) groups is 1. The summed E-state index contributed by atoms with van der Waals surface area (Å²) in [5.41, 5.74) is 3.51. The van der Waals surface area contributed by atoms with Crippen LogP contribution >= 0.6 is 11.8 Å². The van der Waals surface area contributed by atoms with Gasteiger partial charge in [0.05, 0.1) is 5.41 Å². The van der Waals surface area contributed by atoms with Gasteiger partial charge in [0, 0.05) is 37.2 Å². The fourth-order valence-corrected chi connectivity index (χ4v) is 15.7. The molecule has 290 valence electrons. The van der Waals surface area contributed by atoms with Crippen LogP contribution in [0.3, 0.4) is 0 Å². The number of carboxylic acids is 2. The molecule has 1 aliphatic heterocycles. The van der Waals surface area contributed by atoms with Crippen molar-refractivity contribution in [2.75, 3.05) is 37.8 Å². The van der Waals surface area contributed by atoms with Crippen molar-refractivity contribution in [3.63, 3.8) is 0 Å². The highest BCUT2D eigenvalue weighted by atomic mass is 32.2. The second kappa shape index (κ2) is 13.8. The number of allylic oxidation sites excluding steroid dienone is 5. The zero-order valence-electron chi connectivity index (χ0n) is 32.9. The Morgan fingerprint density at radius 2 is 1.75 bits per heavy atom. The van der Waals surface area contributed by atoms with Gasteiger partial charge < -0.3 is 15.5 Å². The number of rotatable bonds is 9. The quantitative estimate of drug-likeness (QED) is 0.204. The number of aliphatic carboxylic acids is 2. The molecule has 0 radical (unpaired) electrons. The second-order valence-corrected chi connectivity index (χ2v) is 21.0. The first kappa shape index (κ1) is 38.6. The van der Waals surface area contributed by atoms with Crippen molar-refractivity contribution in [1.82, 2.24) is 10.2 Å². The molecule has 2 unspecified atom stereocenters. The van der Waals surface area contributed by atoms with Gasteiger partial charge in [0.2, 0.25) is 0 Å². The van der Waals surface area contributed by atoms with Crippen LogP contribution in [0.2, 0.25) is 0 Å². The second-order valence-electron chi connectivity index (χ2n) is 19.9. The molecule has 0 spiro atoms. The SMILES string of the molecule is C=C(C)[C@@H]1C[C@@H](NCCN2CCSCC2C(=O)O)C2CC[C@]3(C)[C@H](CC[C@@H]4[C@@]5(C)CC=C(C6=CC[C@@](CF)(C(=O)O)CC6)C(C)(C)[C@@H]5CC[C@]43C)[C@H]21. The Kier molecular flexibility index (Phi) is 10.3. The van der Waals surface area contributed by atoms with Crippen LogP contribution in [-0.4, -0.2) is 76.9 Å². The third-order valence-corrected chi connectivity index (χ3v) is 18.6. The molecular weight excluding hydrogens is 672 g/mol. The van der Waals surface area contributed by atoms with Crippen LogP contribution < -0.4 is 5.32 Å². The minimum absolute atomic E-state index is 0.0125. The van der Waals surface area contributed by atoms with Gasteiger partial charge in [-0.2, -0.15) is 11.8 Å². The van der Waals surface area contributed by atoms with E-state index in [1.54, 1.807) is 11.8 Å². The van der Waals surface area contributed by atoms with E-state index in [2.05, 4.69) is 70.5 Å². The lowest BCUT2D eigenvalue weighted by molar-refractivity contribution is -0.217. The first-order valence-corrected chi connectivity index (χ1v) is 21.8. The average molecular weight is 739 g/mol. The van der Waals surface area contributed by atoms with Gasteiger partial charge in [0.25, 0.3) is 0 Å². The van der Waals surface area contributed by atoms with E-state index in [0.29, 0.717) is 60.1 Å². The van der Waals surface area contributed by atoms with E-state index < -0.39 is 24.0 Å². The molecule has 3 N–H and O–H groups in total. The van der Waals surface area contributed by atoms with Crippen molar-refractivity contribution < 1.29 is 24.2 Å². The molecule has 12 atom stereocenters. The molecule has 0 aromatic rings. The number of alkyl halides is 1. The Balaban J connectivity index is 1.10. The number of nitrogens with one attached hydrogen (secondary N) is 1. The predicted molar refractivity (Wildman–Crippen MR) is 209 cm³/mol. The van der Waals surface area contributed by atoms with Gasteiger partial charge in [-0.1, -0.05) is 58.9 Å². The molecule has 0 aromatic heterocycles. The summed E-state index contributed by atoms with van der Waals surface area (Å²) in [5.74, 6) is 3.77. The molecule has 0 amide bonds. The van der Waals surface area contributed by atoms with Crippen molar-refractivity contribution in [2.45, 2.75) is 124 Å². The summed E-state index contributed by atoms with van der Waals surface area (Å²) in [5, 5.41) is 23.6. The van der Waals surface area contributed by atoms with E-state index in [1.807, 2.05) is 0 Å². The summed E-state index contributed by atoms with van der Waals surface area (Å²) in [7, 11) is 0. The summed E-state index contributed by atoms with van der Waals surface area (Å²) in [6.07, 6.45) is 15.8. The Bertz CT molecular complexity index is 1510. The maximum absolute atomic E-state index is 14.0. The number of carbonyl (C=O) groups is 2. The van der Waals surface area contributed by atoms with E-state index in [9.17, 15) is 24.2 Å². The van der Waals surface area contributed by atoms with Gasteiger partial charge in [-0.15, -0.1) is 0 Å². The number of hydrogen-bond donors (Lipinski definition) is 3. The van der Waals surface area contributed by atoms with Gasteiger partial charge in [-0.3, -0.25) is 14.5 Å². The molecule has 0 bridgehead atoms. The predicted octanol–water partition coefficient (Wildman–Crippen LogP) is 9.03. The van der Waals surface area contributed by atoms with Crippen LogP contribution in [0.4, 0.5) is 4.39 Å². The first-order valence-electron chi connectivity index (χ1n) is 20.7. The fraction of sp³-hybridized carbons (Fsp3) is 0.818. The van der Waals surface area contributed by atoms with Crippen LogP contribution in [-0.2, 0) is 9.59 Å². The molecule has 8 heteroatoms. The minimum atomic E-state index is -1.26. The summed E-state index contributed by atoms with van der Waals surface area (Å²) in [6.45, 7) is 21.5. The van der Waals surface area contributed by atoms with Gasteiger partial charge in [-0.25, -0.2) is 4.39 Å². The highest BCUT2D eigenvalue weighted by molar-refractivity contribution is 7.99. The summed E-state index contributed by atoms with van der Waals surface area (Å²) >= 11 is 1.76. The van der Waals surface area contributed by atoms with Gasteiger partial charge in [0.1, 0.15) is 12.7 Å². The van der Waals surface area contributed by atoms with E-state index in [1.165, 1.54) is 55.2 Å². The Morgan fingerprint density at radius 1 is 1.00 bits per heavy atom. The van der Waals surface area contributed by atoms with Crippen LogP contribution in [0.1, 0.15) is 112 Å². The summed E-state index contributed by atoms with van der Waals surface area (Å²) < 4.78 is 14.0. The highest BCUT2D eigenvalue weighted by Gasteiger charge is 2.69. The molecule has 1 saturated heterocycles. The zero-order chi connectivity index (χ0) is 37.4. The highest BCUT2D eigenvalue weighted by Crippen LogP contribution is 2.76. The van der Waals surface area contributed by atoms with Crippen LogP contribution in [0, 0.1) is 62.6 Å². The Labute approximate surface area is 317 Å². The van der Waals surface area contributed by atoms with Gasteiger partial charge >= 0.3 is 11.9 Å². The molecule has 4 saturated carbocycles. The van der Waals surface area contributed by atoms with E-state index in [0.717, 1.165) is 38.2 Å². The maximum Gasteiger partial charge on any atom is 0.321 e. The number of nitrogens with zero attached hydrogens (tertiary/aromatic N) is 1. The third-order valence-electron chi connectivity index (χ3n) is 17.6. The fourth-order valence-electron chi connectivity index (χ4n) is 14.6. The molecule has 6 nitrogen and oxygen atoms in total. The van der Waals surface area contributed by atoms with E-state index >= 15 is 0 Å². The standard InChI is InChI=1S/C44H67FN2O4S/c1-27(2)30-24-33(46-20-21-47-22-23-52-25-34(47)38(48)49)29-12-16-42(6)32(37(29)30)8-9-36-41(5)15-13-31(40(3,4)35(41)14-17-43(36,42)7)28-10-18-44(26-45,19-11-28)39(50)51/h10,13,29-30,32-37,46H,1,8-9,11-12,14-26H2,2-7H3,(H,48,49)(H,50,51)/t29?,30-,32+,33+,34?,35-,36+,37+,41-,42+,43+,44+/m0/s1. The normalized spacial score (nSPS) is 45.8. The van der Waals surface area contributed by atoms with E-state index in [4.69, 9.17) is 0 Å². The van der Waals surface area contributed by atoms with Gasteiger partial charge in [-0.05, 0) is 146 Å². The van der Waals surface area contributed by atoms with Crippen molar-refractivity contribution in [1.29, 1.82) is 0 Å². The maximum atomic E-state index is 14.0. The Morgan fingerprint density at radius 3 is 2.40 bits per heavy atom. The number of carboxylic acid groups (broad SMARTS) is 2. The lowest BCUT2D eigenvalue weighted by Crippen LogP contribution is -2.64. The van der Waals surface area contributed by atoms with Crippen LogP contribution in [0.25, 0.3) is 0 Å². The lowest BCUT2D eigenvalue weighted by Gasteiger charge is -2.71. The molecule has 7 aliphatic rings. The monoisotopic (exact) mass is 738 g/mol. The topological polar surface area (TPSA) is 89.9 Å². The molecule has 5 fully saturated rings. The third kappa shape index (κ3) is 5.83. The lowest BCUT2D eigenvalue weighted by atomic mass is 9.33. The molecule has 0 aromatic carbocycles. The van der Waals surface area contributed by atoms with Crippen LogP contribution in [0.5, 0.6) is 0 Å². The Hall–Kier alpha value is -1.64. The van der Waals surface area contributed by atoms with Crippen molar-refractivity contribution in [2.24, 2.45) is 62.6 Å². The largest absolute Gasteiger partial charge is 0.481 e.